The van der Waals surface area contributed by atoms with Gasteiger partial charge in [-0.15, -0.1) is 11.8 Å². The Morgan fingerprint density at radius 2 is 2.16 bits per heavy atom. The molecule has 0 aromatic carbocycles. The summed E-state index contributed by atoms with van der Waals surface area (Å²) >= 11 is 1.55. The quantitative estimate of drug-likeness (QED) is 0.298. The van der Waals surface area contributed by atoms with Crippen LogP contribution in [0.4, 0.5) is 0 Å². The number of hydrogen-bond acceptors (Lipinski definition) is 6. The minimum atomic E-state index is -1.09. The summed E-state index contributed by atoms with van der Waals surface area (Å²) in [4.78, 5) is 38.0. The highest BCUT2D eigenvalue weighted by Gasteiger charge is 2.60. The van der Waals surface area contributed by atoms with Crippen LogP contribution in [0.15, 0.2) is 23.1 Å². The van der Waals surface area contributed by atoms with Gasteiger partial charge in [0.1, 0.15) is 11.9 Å². The van der Waals surface area contributed by atoms with Crippen LogP contribution in [-0.4, -0.2) is 67.4 Å². The summed E-state index contributed by atoms with van der Waals surface area (Å²) in [6.07, 6.45) is 4.52. The number of fused-ring (bicyclic) bond motifs is 1. The van der Waals surface area contributed by atoms with Crippen molar-refractivity contribution >= 4 is 29.5 Å². The summed E-state index contributed by atoms with van der Waals surface area (Å²) in [5.74, 6) is -2.51. The van der Waals surface area contributed by atoms with Gasteiger partial charge in [-0.1, -0.05) is 6.92 Å². The van der Waals surface area contributed by atoms with E-state index in [-0.39, 0.29) is 34.9 Å². The molecule has 32 heavy (non-hydrogen) atoms. The highest BCUT2D eigenvalue weighted by molar-refractivity contribution is 8.03. The Morgan fingerprint density at radius 1 is 1.44 bits per heavy atom. The largest absolute Gasteiger partial charge is 0.477 e. The number of rotatable bonds is 8. The molecule has 0 radical (unpaired) electrons. The van der Waals surface area contributed by atoms with Crippen LogP contribution in [0, 0.1) is 11.8 Å². The molecule has 10 nitrogen and oxygen atoms in total. The number of amides is 2. The molecule has 2 fully saturated rings. The number of aryl methyl sites for hydroxylation is 2. The highest BCUT2D eigenvalue weighted by Crippen LogP contribution is 2.51. The van der Waals surface area contributed by atoms with E-state index in [4.69, 9.17) is 5.73 Å². The second-order valence-electron chi connectivity index (χ2n) is 8.98. The van der Waals surface area contributed by atoms with Crippen LogP contribution in [0.3, 0.4) is 0 Å². The zero-order valence-corrected chi connectivity index (χ0v) is 19.2. The Kier molecular flexibility index (Phi) is 6.08. The average molecular weight is 465 g/mol. The van der Waals surface area contributed by atoms with Crippen LogP contribution in [-0.2, 0) is 23.2 Å². The number of hydrogen-bond donors (Lipinski definition) is 4. The molecule has 6 atom stereocenters. The molecule has 0 spiro atoms. The highest BCUT2D eigenvalue weighted by atomic mass is 32.2. The third-order valence-corrected chi connectivity index (χ3v) is 8.28. The number of carbonyl (C=O) groups is 3. The molecule has 2 amide bonds. The van der Waals surface area contributed by atoms with Crippen molar-refractivity contribution in [1.29, 1.82) is 0 Å². The number of aromatic nitrogens is 2. The first kappa shape index (κ1) is 22.8. The molecule has 4 heterocycles. The van der Waals surface area contributed by atoms with Crippen LogP contribution >= 0.6 is 11.8 Å². The summed E-state index contributed by atoms with van der Waals surface area (Å²) in [5, 5.41) is 23.5. The Morgan fingerprint density at radius 3 is 2.75 bits per heavy atom. The van der Waals surface area contributed by atoms with E-state index in [1.807, 2.05) is 17.8 Å². The number of β-lactam (4-membered cyclic amide) rings is 1. The lowest BCUT2D eigenvalue weighted by Gasteiger charge is -2.46. The Bertz CT molecular complexity index is 989. The number of aliphatic hydroxyl groups is 1. The molecule has 3 aliphatic rings. The van der Waals surface area contributed by atoms with Crippen molar-refractivity contribution in [2.45, 2.75) is 56.7 Å². The van der Waals surface area contributed by atoms with Crippen LogP contribution < -0.4 is 15.6 Å². The molecule has 0 bridgehead atoms. The number of nitrogens with one attached hydrogen (secondary N) is 1. The van der Waals surface area contributed by atoms with E-state index in [2.05, 4.69) is 5.32 Å². The molecule has 1 aromatic heterocycles. The molecule has 174 valence electrons. The number of primary amides is 1. The van der Waals surface area contributed by atoms with Gasteiger partial charge in [0.25, 0.3) is 5.91 Å². The number of aliphatic carboxylic acids is 1. The van der Waals surface area contributed by atoms with Gasteiger partial charge in [-0.2, -0.15) is 0 Å². The summed E-state index contributed by atoms with van der Waals surface area (Å²) in [5.41, 5.74) is 5.91. The molecular formula is C21H30N5O5S+. The number of aliphatic hydroxyl groups excluding tert-OH is 1. The number of carboxylic acid groups (broad SMARTS) is 1. The van der Waals surface area contributed by atoms with Gasteiger partial charge in [-0.05, 0) is 13.3 Å². The smallest absolute Gasteiger partial charge is 0.353 e. The predicted octanol–water partition coefficient (Wildman–Crippen LogP) is -0.581. The van der Waals surface area contributed by atoms with Gasteiger partial charge in [0.15, 0.2) is 0 Å². The van der Waals surface area contributed by atoms with Gasteiger partial charge >= 0.3 is 5.97 Å². The molecule has 0 aliphatic carbocycles. The van der Waals surface area contributed by atoms with Crippen LogP contribution in [0.5, 0.6) is 0 Å². The minimum absolute atomic E-state index is 0.0803. The van der Waals surface area contributed by atoms with Crippen LogP contribution in [0.25, 0.3) is 0 Å². The first-order valence-electron chi connectivity index (χ1n) is 10.8. The molecule has 1 aromatic rings. The molecule has 2 saturated heterocycles. The molecule has 3 aliphatic heterocycles. The first-order valence-corrected chi connectivity index (χ1v) is 11.7. The van der Waals surface area contributed by atoms with Gasteiger partial charge in [-0.3, -0.25) is 9.59 Å². The predicted molar refractivity (Wildman–Crippen MR) is 116 cm³/mol. The van der Waals surface area contributed by atoms with Crippen molar-refractivity contribution in [3.8, 4) is 0 Å². The monoisotopic (exact) mass is 464 g/mol. The third kappa shape index (κ3) is 3.82. The zero-order chi connectivity index (χ0) is 23.3. The Balaban J connectivity index is 1.39. The van der Waals surface area contributed by atoms with E-state index >= 15 is 0 Å². The number of thioether (sulfide) groups is 1. The minimum Gasteiger partial charge on any atom is -0.477 e. The van der Waals surface area contributed by atoms with Gasteiger partial charge in [0.2, 0.25) is 17.9 Å². The van der Waals surface area contributed by atoms with E-state index in [1.165, 1.54) is 4.90 Å². The molecular weight excluding hydrogens is 434 g/mol. The summed E-state index contributed by atoms with van der Waals surface area (Å²) < 4.78 is 3.65. The van der Waals surface area contributed by atoms with Gasteiger partial charge in [-0.25, -0.2) is 13.9 Å². The summed E-state index contributed by atoms with van der Waals surface area (Å²) in [7, 11) is 1.78. The lowest BCUT2D eigenvalue weighted by molar-refractivity contribution is -0.697. The number of nitrogens with zero attached hydrogens (tertiary/aromatic N) is 3. The maximum absolute atomic E-state index is 12.5. The van der Waals surface area contributed by atoms with Crippen molar-refractivity contribution < 1.29 is 29.2 Å². The Labute approximate surface area is 190 Å². The second-order valence-corrected chi connectivity index (χ2v) is 10.3. The Hall–Kier alpha value is -2.37. The van der Waals surface area contributed by atoms with Crippen LogP contribution in [0.2, 0.25) is 0 Å². The van der Waals surface area contributed by atoms with Crippen molar-refractivity contribution in [3.05, 3.63) is 28.8 Å². The van der Waals surface area contributed by atoms with Crippen LogP contribution in [0.1, 0.15) is 37.2 Å². The topological polar surface area (TPSA) is 142 Å². The van der Waals surface area contributed by atoms with E-state index in [1.54, 1.807) is 36.5 Å². The number of carbonyl (C=O) groups excluding carboxylic acids is 2. The fraction of sp³-hybridized carbons (Fsp3) is 0.619. The normalized spacial score (nSPS) is 30.4. The standard InChI is InChI=1S/C21H29N5O5S/c1-10-16-15(11(2)27)20(29)26(16)17(21(30)31)18(10)32-13-6-12(23-7-13)4-5-25-8-14(19(22)28)24(3)9-25/h8-13,15-16,23,27H,4-7H2,1-3H3,(H2-,22,28,30,31)/p+1/t10-,11-,12-,13+,15-,16-/m1/s1. The molecule has 5 N–H and O–H groups in total. The van der Waals surface area contributed by atoms with Gasteiger partial charge < -0.3 is 26.2 Å². The van der Waals surface area contributed by atoms with Crippen molar-refractivity contribution in [1.82, 2.24) is 14.8 Å². The summed E-state index contributed by atoms with van der Waals surface area (Å²) in [6.45, 7) is 5.01. The maximum atomic E-state index is 12.5. The molecule has 0 unspecified atom stereocenters. The number of nitrogens with two attached hydrogens (primary N) is 1. The van der Waals surface area contributed by atoms with Crippen molar-refractivity contribution in [2.75, 3.05) is 6.54 Å². The number of imidazole rings is 1. The van der Waals surface area contributed by atoms with E-state index in [0.717, 1.165) is 30.8 Å². The lowest BCUT2D eigenvalue weighted by Crippen LogP contribution is -2.63. The average Bonchev–Trinajstić information content (AvgIpc) is 3.37. The first-order chi connectivity index (χ1) is 15.1. The van der Waals surface area contributed by atoms with E-state index in [0.29, 0.717) is 5.69 Å². The fourth-order valence-corrected chi connectivity index (χ4v) is 6.70. The molecule has 11 heteroatoms. The van der Waals surface area contributed by atoms with Gasteiger partial charge in [0.05, 0.1) is 31.7 Å². The summed E-state index contributed by atoms with van der Waals surface area (Å²) in [6, 6.07) is -0.0121. The van der Waals surface area contributed by atoms with Crippen molar-refractivity contribution in [2.24, 2.45) is 24.6 Å². The number of carboxylic acids is 1. The lowest BCUT2D eigenvalue weighted by atomic mass is 9.79. The SMILES string of the molecule is C[C@@H](O)[C@H]1C(=O)N2C(C(=O)O)=C(S[C@@H]3CN[C@H](CC[n+]4cc(C(N)=O)n(C)c4)C3)[C@H](C)[C@H]12. The third-order valence-electron chi connectivity index (χ3n) is 6.76. The fourth-order valence-electron chi connectivity index (χ4n) is 5.18. The second kappa shape index (κ2) is 8.53. The van der Waals surface area contributed by atoms with Crippen molar-refractivity contribution in [3.63, 3.8) is 0 Å². The molecule has 4 rings (SSSR count). The van der Waals surface area contributed by atoms with E-state index in [9.17, 15) is 24.6 Å². The molecule has 0 saturated carbocycles. The van der Waals surface area contributed by atoms with Gasteiger partial charge in [0, 0.05) is 35.1 Å². The van der Waals surface area contributed by atoms with E-state index < -0.39 is 23.9 Å². The maximum Gasteiger partial charge on any atom is 0.353 e. The zero-order valence-electron chi connectivity index (χ0n) is 18.4.